The van der Waals surface area contributed by atoms with Gasteiger partial charge in [-0.3, -0.25) is 18.6 Å². The highest BCUT2D eigenvalue weighted by Crippen LogP contribution is 2.43. The van der Waals surface area contributed by atoms with Crippen molar-refractivity contribution in [3.05, 3.63) is 0 Å². The second-order valence-corrected chi connectivity index (χ2v) is 22.9. The van der Waals surface area contributed by atoms with Crippen LogP contribution in [0.25, 0.3) is 0 Å². The molecule has 1 N–H and O–H groups in total. The van der Waals surface area contributed by atoms with Crippen LogP contribution in [0.4, 0.5) is 0 Å². The summed E-state index contributed by atoms with van der Waals surface area (Å²) in [6, 6.07) is 0. The van der Waals surface area contributed by atoms with Crippen molar-refractivity contribution in [3.8, 4) is 0 Å². The summed E-state index contributed by atoms with van der Waals surface area (Å²) in [4.78, 5) is 35.7. The number of hydrogen-bond donors (Lipinski definition) is 1. The number of nitrogens with zero attached hydrogens (tertiary/aromatic N) is 1. The molecule has 0 saturated heterocycles. The van der Waals surface area contributed by atoms with Crippen molar-refractivity contribution in [2.45, 2.75) is 309 Å². The molecule has 0 aromatic carbocycles. The Kier molecular flexibility index (Phi) is 49.2. The summed E-state index contributed by atoms with van der Waals surface area (Å²) in [7, 11) is 1.50. The molecule has 0 saturated carbocycles. The van der Waals surface area contributed by atoms with Crippen molar-refractivity contribution in [1.82, 2.24) is 0 Å². The quantitative estimate of drug-likeness (QED) is 0.0278. The summed E-state index contributed by atoms with van der Waals surface area (Å²) in [5.74, 6) is -0.772. The first-order chi connectivity index (χ1) is 32.5. The van der Waals surface area contributed by atoms with Crippen LogP contribution in [0.2, 0.25) is 0 Å². The molecule has 10 heteroatoms. The van der Waals surface area contributed by atoms with E-state index in [9.17, 15) is 19.0 Å². The molecule has 0 rings (SSSR count). The zero-order valence-electron chi connectivity index (χ0n) is 45.4. The average molecular weight is 974 g/mol. The van der Waals surface area contributed by atoms with E-state index >= 15 is 0 Å². The smallest absolute Gasteiger partial charge is 0.462 e. The molecule has 0 fully saturated rings. The molecule has 0 aromatic rings. The van der Waals surface area contributed by atoms with Crippen molar-refractivity contribution in [2.24, 2.45) is 0 Å². The van der Waals surface area contributed by atoms with Crippen LogP contribution in [0.15, 0.2) is 0 Å². The molecule has 0 amide bonds. The monoisotopic (exact) mass is 973 g/mol. The van der Waals surface area contributed by atoms with Gasteiger partial charge in [0.25, 0.3) is 0 Å². The third-order valence-electron chi connectivity index (χ3n) is 13.4. The van der Waals surface area contributed by atoms with Gasteiger partial charge in [0.2, 0.25) is 0 Å². The van der Waals surface area contributed by atoms with Crippen molar-refractivity contribution in [2.75, 3.05) is 47.5 Å². The van der Waals surface area contributed by atoms with E-state index in [1.54, 1.807) is 0 Å². The Morgan fingerprint density at radius 1 is 0.403 bits per heavy atom. The molecule has 0 heterocycles. The highest BCUT2D eigenvalue weighted by atomic mass is 31.2. The number of carbonyl (C=O) groups is 2. The number of esters is 2. The maximum atomic E-state index is 12.8. The first kappa shape index (κ1) is 66.0. The molecule has 0 radical (unpaired) electrons. The molecule has 0 aliphatic carbocycles. The van der Waals surface area contributed by atoms with Gasteiger partial charge in [0.15, 0.2) is 6.10 Å². The van der Waals surface area contributed by atoms with Crippen LogP contribution < -0.4 is 0 Å². The Balaban J connectivity index is 4.10. The lowest BCUT2D eigenvalue weighted by Gasteiger charge is -2.24. The highest BCUT2D eigenvalue weighted by molar-refractivity contribution is 7.47. The molecule has 0 bridgehead atoms. The van der Waals surface area contributed by atoms with Crippen LogP contribution in [0, 0.1) is 0 Å². The average Bonchev–Trinajstić information content (AvgIpc) is 3.29. The highest BCUT2D eigenvalue weighted by Gasteiger charge is 2.27. The Morgan fingerprint density at radius 3 is 0.955 bits per heavy atom. The lowest BCUT2D eigenvalue weighted by atomic mass is 10.0. The fourth-order valence-electron chi connectivity index (χ4n) is 8.84. The van der Waals surface area contributed by atoms with Crippen LogP contribution in [0.1, 0.15) is 303 Å². The van der Waals surface area contributed by atoms with E-state index in [4.69, 9.17) is 18.5 Å². The van der Waals surface area contributed by atoms with Gasteiger partial charge in [-0.25, -0.2) is 4.57 Å². The maximum absolute atomic E-state index is 12.8. The van der Waals surface area contributed by atoms with E-state index < -0.39 is 26.5 Å². The maximum Gasteiger partial charge on any atom is 0.472 e. The number of likely N-dealkylation sites (N-methyl/N-ethyl adjacent to an activating group) is 1. The predicted molar refractivity (Wildman–Crippen MR) is 285 cm³/mol. The molecule has 0 aliphatic heterocycles. The molecular formula is C57H115NO8P+. The van der Waals surface area contributed by atoms with Gasteiger partial charge in [-0.05, 0) is 12.8 Å². The third kappa shape index (κ3) is 54.2. The topological polar surface area (TPSA) is 108 Å². The van der Waals surface area contributed by atoms with Crippen molar-refractivity contribution < 1.29 is 42.1 Å². The number of quaternary nitrogens is 1. The number of rotatable bonds is 55. The van der Waals surface area contributed by atoms with Crippen molar-refractivity contribution in [1.29, 1.82) is 0 Å². The summed E-state index contributed by atoms with van der Waals surface area (Å²) in [5, 5.41) is 0. The first-order valence-electron chi connectivity index (χ1n) is 29.3. The van der Waals surface area contributed by atoms with E-state index in [0.717, 1.165) is 38.5 Å². The van der Waals surface area contributed by atoms with Crippen LogP contribution in [-0.4, -0.2) is 74.9 Å². The Morgan fingerprint density at radius 2 is 0.672 bits per heavy atom. The van der Waals surface area contributed by atoms with Gasteiger partial charge < -0.3 is 18.9 Å². The van der Waals surface area contributed by atoms with Gasteiger partial charge in [0.1, 0.15) is 19.8 Å². The van der Waals surface area contributed by atoms with Gasteiger partial charge in [0.05, 0.1) is 27.7 Å². The Bertz CT molecular complexity index is 1100. The van der Waals surface area contributed by atoms with E-state index in [1.165, 1.54) is 238 Å². The molecule has 67 heavy (non-hydrogen) atoms. The third-order valence-corrected chi connectivity index (χ3v) is 14.4. The number of phosphoric acid groups is 1. The van der Waals surface area contributed by atoms with Crippen LogP contribution in [-0.2, 0) is 32.7 Å². The second kappa shape index (κ2) is 50.0. The minimum absolute atomic E-state index is 0.0374. The van der Waals surface area contributed by atoms with Crippen molar-refractivity contribution in [3.63, 3.8) is 0 Å². The summed E-state index contributed by atoms with van der Waals surface area (Å²) in [6.07, 6.45) is 56.0. The van der Waals surface area contributed by atoms with Crippen LogP contribution in [0.3, 0.4) is 0 Å². The number of ether oxygens (including phenoxy) is 2. The number of phosphoric ester groups is 1. The minimum Gasteiger partial charge on any atom is -0.462 e. The SMILES string of the molecule is CCCCCCCCCCCCCCCCCCCCCCCCC(=O)OC[C@H](COP(=O)(O)OCC[N+](C)(C)C)OC(=O)CCCCCCCCCCCCCCCCCCCCCCC. The number of carbonyl (C=O) groups excluding carboxylic acids is 2. The Hall–Kier alpha value is -0.990. The van der Waals surface area contributed by atoms with Gasteiger partial charge in [-0.15, -0.1) is 0 Å². The summed E-state index contributed by atoms with van der Waals surface area (Å²) < 4.78 is 34.6. The fourth-order valence-corrected chi connectivity index (χ4v) is 9.58. The number of unbranched alkanes of at least 4 members (excludes halogenated alkanes) is 41. The largest absolute Gasteiger partial charge is 0.472 e. The fraction of sp³-hybridized carbons (Fsp3) is 0.965. The van der Waals surface area contributed by atoms with E-state index in [1.807, 2.05) is 21.1 Å². The first-order valence-corrected chi connectivity index (χ1v) is 30.8. The van der Waals surface area contributed by atoms with E-state index in [2.05, 4.69) is 13.8 Å². The second-order valence-electron chi connectivity index (χ2n) is 21.4. The van der Waals surface area contributed by atoms with Gasteiger partial charge in [-0.2, -0.15) is 0 Å². The predicted octanol–water partition coefficient (Wildman–Crippen LogP) is 17.9. The molecule has 1 unspecified atom stereocenters. The molecule has 0 aromatic heterocycles. The van der Waals surface area contributed by atoms with Gasteiger partial charge in [-0.1, -0.05) is 277 Å². The molecule has 0 spiro atoms. The summed E-state index contributed by atoms with van der Waals surface area (Å²) in [6.45, 7) is 4.51. The van der Waals surface area contributed by atoms with E-state index in [0.29, 0.717) is 17.4 Å². The standard InChI is InChI=1S/C57H114NO8P/c1-6-8-10-12-14-16-18-20-22-24-26-28-30-31-33-35-37-39-41-43-45-47-49-56(59)63-53-55(54-65-67(61,62)64-52-51-58(3,4)5)66-57(60)50-48-46-44-42-40-38-36-34-32-29-27-25-23-21-19-17-15-13-11-9-7-2/h55H,6-54H2,1-5H3/p+1/t55-/m1/s1. The van der Waals surface area contributed by atoms with E-state index in [-0.39, 0.29) is 25.6 Å². The van der Waals surface area contributed by atoms with Crippen LogP contribution >= 0.6 is 7.82 Å². The normalized spacial score (nSPS) is 13.2. The Labute approximate surface area is 416 Å². The summed E-state index contributed by atoms with van der Waals surface area (Å²) >= 11 is 0. The van der Waals surface area contributed by atoms with Crippen molar-refractivity contribution >= 4 is 19.8 Å². The zero-order chi connectivity index (χ0) is 49.2. The van der Waals surface area contributed by atoms with Gasteiger partial charge in [0, 0.05) is 12.8 Å². The minimum atomic E-state index is -4.38. The molecule has 2 atom stereocenters. The lowest BCUT2D eigenvalue weighted by Crippen LogP contribution is -2.37. The van der Waals surface area contributed by atoms with Crippen LogP contribution in [0.5, 0.6) is 0 Å². The molecule has 9 nitrogen and oxygen atoms in total. The lowest BCUT2D eigenvalue weighted by molar-refractivity contribution is -0.870. The number of hydrogen-bond acceptors (Lipinski definition) is 7. The summed E-state index contributed by atoms with van der Waals surface area (Å²) in [5.41, 5.74) is 0. The molecule has 0 aliphatic rings. The van der Waals surface area contributed by atoms with Gasteiger partial charge >= 0.3 is 19.8 Å². The molecule has 400 valence electrons. The zero-order valence-corrected chi connectivity index (χ0v) is 46.3. The molecular weight excluding hydrogens is 858 g/mol.